The zero-order valence-corrected chi connectivity index (χ0v) is 10.7. The summed E-state index contributed by atoms with van der Waals surface area (Å²) in [7, 11) is 0. The number of rotatable bonds is 4. The lowest BCUT2D eigenvalue weighted by Crippen LogP contribution is -2.26. The number of carbonyl (C=O) groups is 1. The molecule has 0 atom stereocenters. The van der Waals surface area contributed by atoms with Crippen LogP contribution >= 0.6 is 0 Å². The van der Waals surface area contributed by atoms with Gasteiger partial charge >= 0.3 is 0 Å². The Morgan fingerprint density at radius 3 is 2.90 bits per heavy atom. The van der Waals surface area contributed by atoms with Crippen LogP contribution in [0.25, 0.3) is 5.65 Å². The molecule has 3 aromatic rings. The summed E-state index contributed by atoms with van der Waals surface area (Å²) in [5, 5.41) is 11.0. The fraction of sp³-hybridized carbons (Fsp3) is 0.143. The molecule has 0 fully saturated rings. The molecule has 0 unspecified atom stereocenters. The lowest BCUT2D eigenvalue weighted by Gasteiger charge is -2.03. The van der Waals surface area contributed by atoms with E-state index in [1.165, 1.54) is 0 Å². The molecular formula is C14H13N5O. The predicted octanol–water partition coefficient (Wildman–Crippen LogP) is 1.10. The smallest absolute Gasteiger partial charge is 0.269 e. The van der Waals surface area contributed by atoms with Gasteiger partial charge in [0.2, 0.25) is 0 Å². The first-order valence-electron chi connectivity index (χ1n) is 6.32. The number of aromatic nitrogens is 4. The van der Waals surface area contributed by atoms with Crippen LogP contribution in [-0.4, -0.2) is 32.0 Å². The van der Waals surface area contributed by atoms with E-state index in [-0.39, 0.29) is 5.91 Å². The third-order valence-electron chi connectivity index (χ3n) is 2.92. The number of nitrogens with zero attached hydrogens (tertiary/aromatic N) is 4. The van der Waals surface area contributed by atoms with Crippen LogP contribution in [0.5, 0.6) is 0 Å². The van der Waals surface area contributed by atoms with Crippen LogP contribution in [0.2, 0.25) is 0 Å². The zero-order valence-electron chi connectivity index (χ0n) is 10.7. The van der Waals surface area contributed by atoms with E-state index in [0.717, 1.165) is 11.5 Å². The molecule has 0 aliphatic heterocycles. The van der Waals surface area contributed by atoms with Gasteiger partial charge in [-0.2, -0.15) is 0 Å². The third-order valence-corrected chi connectivity index (χ3v) is 2.92. The SMILES string of the molecule is O=C(NCCc1nnc2ccccn12)c1ccccn1. The Kier molecular flexibility index (Phi) is 3.36. The number of fused-ring (bicyclic) bond motifs is 1. The molecule has 0 saturated carbocycles. The largest absolute Gasteiger partial charge is 0.350 e. The molecule has 0 aliphatic carbocycles. The van der Waals surface area contributed by atoms with Gasteiger partial charge in [0.1, 0.15) is 11.5 Å². The summed E-state index contributed by atoms with van der Waals surface area (Å²) in [6.45, 7) is 0.491. The van der Waals surface area contributed by atoms with Crippen molar-refractivity contribution in [2.24, 2.45) is 0 Å². The first kappa shape index (κ1) is 12.3. The maximum absolute atomic E-state index is 11.8. The van der Waals surface area contributed by atoms with Gasteiger partial charge in [-0.1, -0.05) is 12.1 Å². The lowest BCUT2D eigenvalue weighted by molar-refractivity contribution is 0.0949. The topological polar surface area (TPSA) is 72.2 Å². The van der Waals surface area contributed by atoms with E-state index in [4.69, 9.17) is 0 Å². The van der Waals surface area contributed by atoms with Gasteiger partial charge in [0.25, 0.3) is 5.91 Å². The summed E-state index contributed by atoms with van der Waals surface area (Å²) in [4.78, 5) is 15.8. The van der Waals surface area contributed by atoms with Gasteiger partial charge in [-0.15, -0.1) is 10.2 Å². The highest BCUT2D eigenvalue weighted by Crippen LogP contribution is 2.03. The first-order chi connectivity index (χ1) is 9.84. The number of nitrogens with one attached hydrogen (secondary N) is 1. The van der Waals surface area contributed by atoms with Crippen LogP contribution in [0.4, 0.5) is 0 Å². The van der Waals surface area contributed by atoms with Gasteiger partial charge < -0.3 is 5.32 Å². The molecule has 0 bridgehead atoms. The van der Waals surface area contributed by atoms with Crippen LogP contribution in [0, 0.1) is 0 Å². The summed E-state index contributed by atoms with van der Waals surface area (Å²) in [6.07, 6.45) is 4.12. The molecule has 1 N–H and O–H groups in total. The molecule has 0 aliphatic rings. The van der Waals surface area contributed by atoms with E-state index in [2.05, 4.69) is 20.5 Å². The van der Waals surface area contributed by atoms with Crippen molar-refractivity contribution in [3.63, 3.8) is 0 Å². The minimum absolute atomic E-state index is 0.181. The number of amides is 1. The van der Waals surface area contributed by atoms with Crippen LogP contribution in [0.15, 0.2) is 48.8 Å². The van der Waals surface area contributed by atoms with E-state index in [1.807, 2.05) is 28.8 Å². The van der Waals surface area contributed by atoms with Crippen molar-refractivity contribution >= 4 is 11.6 Å². The average Bonchev–Trinajstić information content (AvgIpc) is 2.92. The lowest BCUT2D eigenvalue weighted by atomic mass is 10.3. The third kappa shape index (κ3) is 2.49. The maximum Gasteiger partial charge on any atom is 0.269 e. The molecular weight excluding hydrogens is 254 g/mol. The van der Waals surface area contributed by atoms with E-state index < -0.39 is 0 Å². The summed E-state index contributed by atoms with van der Waals surface area (Å²) in [5.41, 5.74) is 1.22. The van der Waals surface area contributed by atoms with Crippen molar-refractivity contribution in [3.05, 3.63) is 60.3 Å². The second kappa shape index (κ2) is 5.48. The standard InChI is InChI=1S/C14H13N5O/c20-14(11-5-1-3-8-15-11)16-9-7-13-18-17-12-6-2-4-10-19(12)13/h1-6,8,10H,7,9H2,(H,16,20). The molecule has 3 rings (SSSR count). The molecule has 0 aromatic carbocycles. The highest BCUT2D eigenvalue weighted by molar-refractivity contribution is 5.92. The van der Waals surface area contributed by atoms with Crippen molar-refractivity contribution in [3.8, 4) is 0 Å². The van der Waals surface area contributed by atoms with Crippen molar-refractivity contribution in [1.82, 2.24) is 24.9 Å². The van der Waals surface area contributed by atoms with Crippen molar-refractivity contribution in [2.75, 3.05) is 6.54 Å². The van der Waals surface area contributed by atoms with Crippen molar-refractivity contribution in [2.45, 2.75) is 6.42 Å². The molecule has 0 spiro atoms. The van der Waals surface area contributed by atoms with Gasteiger partial charge in [0.15, 0.2) is 5.65 Å². The quantitative estimate of drug-likeness (QED) is 0.768. The Labute approximate surface area is 115 Å². The minimum atomic E-state index is -0.181. The fourth-order valence-corrected chi connectivity index (χ4v) is 1.94. The maximum atomic E-state index is 11.8. The molecule has 3 heterocycles. The monoisotopic (exact) mass is 267 g/mol. The molecule has 6 heteroatoms. The summed E-state index contributed by atoms with van der Waals surface area (Å²) < 4.78 is 1.91. The first-order valence-corrected chi connectivity index (χ1v) is 6.32. The van der Waals surface area contributed by atoms with Gasteiger partial charge in [-0.05, 0) is 24.3 Å². The Morgan fingerprint density at radius 1 is 1.15 bits per heavy atom. The highest BCUT2D eigenvalue weighted by atomic mass is 16.1. The van der Waals surface area contributed by atoms with E-state index in [9.17, 15) is 4.79 Å². The second-order valence-corrected chi connectivity index (χ2v) is 4.27. The average molecular weight is 267 g/mol. The van der Waals surface area contributed by atoms with Gasteiger partial charge in [0.05, 0.1) is 0 Å². The molecule has 0 radical (unpaired) electrons. The number of pyridine rings is 2. The molecule has 1 amide bonds. The Bertz CT molecular complexity index is 723. The Hall–Kier alpha value is -2.76. The zero-order chi connectivity index (χ0) is 13.8. The van der Waals surface area contributed by atoms with Crippen LogP contribution in [0.1, 0.15) is 16.3 Å². The summed E-state index contributed by atoms with van der Waals surface area (Å²) in [5.74, 6) is 0.640. The molecule has 0 saturated heterocycles. The van der Waals surface area contributed by atoms with Gasteiger partial charge in [0, 0.05) is 25.4 Å². The number of hydrogen-bond donors (Lipinski definition) is 1. The molecule has 100 valence electrons. The number of hydrogen-bond acceptors (Lipinski definition) is 4. The van der Waals surface area contributed by atoms with E-state index in [0.29, 0.717) is 18.7 Å². The summed E-state index contributed by atoms with van der Waals surface area (Å²) >= 11 is 0. The predicted molar refractivity (Wildman–Crippen MR) is 73.3 cm³/mol. The minimum Gasteiger partial charge on any atom is -0.350 e. The molecule has 3 aromatic heterocycles. The fourth-order valence-electron chi connectivity index (χ4n) is 1.94. The molecule has 20 heavy (non-hydrogen) atoms. The van der Waals surface area contributed by atoms with E-state index >= 15 is 0 Å². The van der Waals surface area contributed by atoms with Crippen LogP contribution in [0.3, 0.4) is 0 Å². The van der Waals surface area contributed by atoms with Crippen LogP contribution in [-0.2, 0) is 6.42 Å². The van der Waals surface area contributed by atoms with E-state index in [1.54, 1.807) is 24.4 Å². The van der Waals surface area contributed by atoms with Gasteiger partial charge in [-0.25, -0.2) is 0 Å². The van der Waals surface area contributed by atoms with Crippen molar-refractivity contribution in [1.29, 1.82) is 0 Å². The highest BCUT2D eigenvalue weighted by Gasteiger charge is 2.07. The second-order valence-electron chi connectivity index (χ2n) is 4.27. The Morgan fingerprint density at radius 2 is 2.05 bits per heavy atom. The number of carbonyl (C=O) groups excluding carboxylic acids is 1. The van der Waals surface area contributed by atoms with Gasteiger partial charge in [-0.3, -0.25) is 14.2 Å². The molecule has 6 nitrogen and oxygen atoms in total. The summed E-state index contributed by atoms with van der Waals surface area (Å²) in [6, 6.07) is 11.0. The normalized spacial score (nSPS) is 10.6. The van der Waals surface area contributed by atoms with Crippen LogP contribution < -0.4 is 5.32 Å². The van der Waals surface area contributed by atoms with Crippen molar-refractivity contribution < 1.29 is 4.79 Å². The Balaban J connectivity index is 1.62.